The summed E-state index contributed by atoms with van der Waals surface area (Å²) in [7, 11) is 0. The molecule has 4 aliphatic carbocycles. The van der Waals surface area contributed by atoms with E-state index in [1.165, 1.54) is 49.7 Å². The second kappa shape index (κ2) is 9.91. The van der Waals surface area contributed by atoms with E-state index in [4.69, 9.17) is 9.47 Å². The van der Waals surface area contributed by atoms with Gasteiger partial charge in [0.15, 0.2) is 0 Å². The Bertz CT molecular complexity index is 920. The molecule has 0 radical (unpaired) electrons. The van der Waals surface area contributed by atoms with Crippen LogP contribution in [0.3, 0.4) is 0 Å². The van der Waals surface area contributed by atoms with Gasteiger partial charge < -0.3 is 19.7 Å². The topological polar surface area (TPSA) is 58.9 Å². The average molecular weight is 465 g/mol. The summed E-state index contributed by atoms with van der Waals surface area (Å²) in [6, 6.07) is 12.6. The molecule has 4 fully saturated rings. The van der Waals surface area contributed by atoms with Crippen molar-refractivity contribution in [2.24, 2.45) is 17.8 Å². The molecule has 4 heteroatoms. The van der Waals surface area contributed by atoms with Gasteiger partial charge in [-0.1, -0.05) is 26.0 Å². The standard InChI is InChI=1S/C30H40O4/c1-3-20(2)24-4-6-28(7-5-24)33-8-9-34-29-25(18-31)13-27(14-26(29)19-32)30-15-21-10-22(16-30)12-23(11-21)17-30/h4-7,13-14,20-23,31-32H,3,8-12,15-19H2,1-2H3. The molecule has 6 rings (SSSR count). The highest BCUT2D eigenvalue weighted by Gasteiger charge is 2.51. The second-order valence-corrected chi connectivity index (χ2v) is 11.2. The van der Waals surface area contributed by atoms with Crippen molar-refractivity contribution in [2.45, 2.75) is 83.3 Å². The van der Waals surface area contributed by atoms with Gasteiger partial charge in [-0.2, -0.15) is 0 Å². The number of aliphatic hydroxyl groups is 2. The van der Waals surface area contributed by atoms with Crippen LogP contribution >= 0.6 is 0 Å². The van der Waals surface area contributed by atoms with Gasteiger partial charge >= 0.3 is 0 Å². The van der Waals surface area contributed by atoms with Gasteiger partial charge in [0, 0.05) is 11.1 Å². The van der Waals surface area contributed by atoms with Gasteiger partial charge in [0.2, 0.25) is 0 Å². The Labute approximate surface area is 204 Å². The summed E-state index contributed by atoms with van der Waals surface area (Å²) in [6.45, 7) is 5.04. The maximum atomic E-state index is 10.2. The number of benzene rings is 2. The summed E-state index contributed by atoms with van der Waals surface area (Å²) in [5.74, 6) is 4.57. The zero-order chi connectivity index (χ0) is 23.7. The fourth-order valence-electron chi connectivity index (χ4n) is 7.38. The molecule has 0 aliphatic heterocycles. The fourth-order valence-corrected chi connectivity index (χ4v) is 7.38. The molecular formula is C30H40O4. The van der Waals surface area contributed by atoms with E-state index >= 15 is 0 Å². The smallest absolute Gasteiger partial charge is 0.130 e. The van der Waals surface area contributed by atoms with Crippen molar-refractivity contribution in [1.29, 1.82) is 0 Å². The lowest BCUT2D eigenvalue weighted by Gasteiger charge is -2.57. The lowest BCUT2D eigenvalue weighted by atomic mass is 9.48. The van der Waals surface area contributed by atoms with E-state index in [-0.39, 0.29) is 18.6 Å². The molecule has 4 saturated carbocycles. The molecule has 4 bridgehead atoms. The van der Waals surface area contributed by atoms with E-state index < -0.39 is 0 Å². The fraction of sp³-hybridized carbons (Fsp3) is 0.600. The maximum Gasteiger partial charge on any atom is 0.130 e. The van der Waals surface area contributed by atoms with Crippen molar-refractivity contribution in [3.8, 4) is 11.5 Å². The Hall–Kier alpha value is -2.04. The lowest BCUT2D eigenvalue weighted by Crippen LogP contribution is -2.48. The van der Waals surface area contributed by atoms with Crippen LogP contribution < -0.4 is 9.47 Å². The van der Waals surface area contributed by atoms with Gasteiger partial charge in [0.1, 0.15) is 24.7 Å². The van der Waals surface area contributed by atoms with E-state index in [0.29, 0.717) is 24.9 Å². The molecule has 2 aromatic carbocycles. The summed E-state index contributed by atoms with van der Waals surface area (Å²) < 4.78 is 12.0. The molecule has 1 atom stereocenters. The first-order valence-corrected chi connectivity index (χ1v) is 13.3. The van der Waals surface area contributed by atoms with Gasteiger partial charge in [-0.15, -0.1) is 0 Å². The number of hydrogen-bond donors (Lipinski definition) is 2. The molecule has 4 aliphatic rings. The zero-order valence-corrected chi connectivity index (χ0v) is 20.8. The van der Waals surface area contributed by atoms with Crippen LogP contribution in [0.1, 0.15) is 87.0 Å². The first kappa shape index (κ1) is 23.7. The second-order valence-electron chi connectivity index (χ2n) is 11.2. The summed E-state index contributed by atoms with van der Waals surface area (Å²) in [4.78, 5) is 0. The molecule has 4 nitrogen and oxygen atoms in total. The van der Waals surface area contributed by atoms with E-state index in [1.54, 1.807) is 0 Å². The van der Waals surface area contributed by atoms with Crippen LogP contribution in [0.5, 0.6) is 11.5 Å². The van der Waals surface area contributed by atoms with Crippen LogP contribution in [0, 0.1) is 17.8 Å². The third-order valence-electron chi connectivity index (χ3n) is 8.89. The minimum absolute atomic E-state index is 0.0829. The molecule has 2 N–H and O–H groups in total. The van der Waals surface area contributed by atoms with E-state index in [1.807, 2.05) is 12.1 Å². The first-order valence-electron chi connectivity index (χ1n) is 13.3. The van der Waals surface area contributed by atoms with Crippen LogP contribution in [0.25, 0.3) is 0 Å². The lowest BCUT2D eigenvalue weighted by molar-refractivity contribution is -0.00534. The first-order chi connectivity index (χ1) is 16.5. The van der Waals surface area contributed by atoms with Crippen molar-refractivity contribution < 1.29 is 19.7 Å². The summed E-state index contributed by atoms with van der Waals surface area (Å²) in [6.07, 6.45) is 9.12. The quantitative estimate of drug-likeness (QED) is 0.417. The molecule has 184 valence electrons. The highest BCUT2D eigenvalue weighted by Crippen LogP contribution is 2.61. The largest absolute Gasteiger partial charge is 0.490 e. The van der Waals surface area contributed by atoms with Crippen molar-refractivity contribution in [3.05, 3.63) is 58.7 Å². The molecule has 2 aromatic rings. The van der Waals surface area contributed by atoms with Crippen LogP contribution in [-0.2, 0) is 18.6 Å². The molecular weight excluding hydrogens is 424 g/mol. The summed E-state index contributed by atoms with van der Waals surface area (Å²) >= 11 is 0. The highest BCUT2D eigenvalue weighted by atomic mass is 16.5. The van der Waals surface area contributed by atoms with Crippen molar-refractivity contribution in [1.82, 2.24) is 0 Å². The maximum absolute atomic E-state index is 10.2. The van der Waals surface area contributed by atoms with Crippen LogP contribution in [0.15, 0.2) is 36.4 Å². The Morgan fingerprint density at radius 3 is 1.88 bits per heavy atom. The van der Waals surface area contributed by atoms with E-state index in [9.17, 15) is 10.2 Å². The molecule has 0 heterocycles. The molecule has 0 spiro atoms. The number of ether oxygens (including phenoxy) is 2. The number of hydrogen-bond acceptors (Lipinski definition) is 4. The van der Waals surface area contributed by atoms with Crippen LogP contribution in [0.4, 0.5) is 0 Å². The predicted molar refractivity (Wildman–Crippen MR) is 134 cm³/mol. The SMILES string of the molecule is CCC(C)c1ccc(OCCOc2c(CO)cc(C34CC5CC(CC(C5)C3)C4)cc2CO)cc1. The minimum atomic E-state index is -0.0829. The molecule has 0 saturated heterocycles. The number of aliphatic hydroxyl groups excluding tert-OH is 2. The third kappa shape index (κ3) is 4.59. The van der Waals surface area contributed by atoms with Crippen LogP contribution in [-0.4, -0.2) is 23.4 Å². The molecule has 34 heavy (non-hydrogen) atoms. The molecule has 1 unspecified atom stereocenters. The highest BCUT2D eigenvalue weighted by molar-refractivity contribution is 5.47. The van der Waals surface area contributed by atoms with Gasteiger partial charge in [0.25, 0.3) is 0 Å². The van der Waals surface area contributed by atoms with Gasteiger partial charge in [-0.3, -0.25) is 0 Å². The molecule has 0 aromatic heterocycles. The summed E-state index contributed by atoms with van der Waals surface area (Å²) in [5, 5.41) is 20.4. The third-order valence-corrected chi connectivity index (χ3v) is 8.89. The Balaban J connectivity index is 1.26. The van der Waals surface area contributed by atoms with Crippen molar-refractivity contribution >= 4 is 0 Å². The Morgan fingerprint density at radius 2 is 1.38 bits per heavy atom. The Morgan fingerprint density at radius 1 is 0.853 bits per heavy atom. The number of rotatable bonds is 10. The molecule has 0 amide bonds. The normalized spacial score (nSPS) is 28.2. The van der Waals surface area contributed by atoms with Crippen molar-refractivity contribution in [2.75, 3.05) is 13.2 Å². The average Bonchev–Trinajstić information content (AvgIpc) is 2.85. The summed E-state index contributed by atoms with van der Waals surface area (Å²) in [5.41, 5.74) is 4.44. The van der Waals surface area contributed by atoms with Gasteiger partial charge in [-0.25, -0.2) is 0 Å². The zero-order valence-electron chi connectivity index (χ0n) is 20.8. The monoisotopic (exact) mass is 464 g/mol. The minimum Gasteiger partial charge on any atom is -0.490 e. The van der Waals surface area contributed by atoms with E-state index in [0.717, 1.165) is 41.1 Å². The van der Waals surface area contributed by atoms with E-state index in [2.05, 4.69) is 38.1 Å². The van der Waals surface area contributed by atoms with Crippen LogP contribution in [0.2, 0.25) is 0 Å². The van der Waals surface area contributed by atoms with Gasteiger partial charge in [-0.05, 0) is 109 Å². The predicted octanol–water partition coefficient (Wildman–Crippen LogP) is 6.11. The Kier molecular flexibility index (Phi) is 6.90. The van der Waals surface area contributed by atoms with Crippen molar-refractivity contribution in [3.63, 3.8) is 0 Å². The van der Waals surface area contributed by atoms with Gasteiger partial charge in [0.05, 0.1) is 13.2 Å².